The minimum atomic E-state index is 0.600. The van der Waals surface area contributed by atoms with E-state index in [0.717, 1.165) is 11.4 Å². The van der Waals surface area contributed by atoms with Crippen LogP contribution in [-0.2, 0) is 0 Å². The molecule has 17 heavy (non-hydrogen) atoms. The number of hydrazine groups is 1. The van der Waals surface area contributed by atoms with Crippen molar-refractivity contribution in [2.75, 3.05) is 17.4 Å². The Balaban J connectivity index is 2.20. The molecule has 1 aromatic heterocycles. The van der Waals surface area contributed by atoms with Crippen molar-refractivity contribution in [1.82, 2.24) is 9.97 Å². The van der Waals surface area contributed by atoms with E-state index in [4.69, 9.17) is 5.84 Å². The van der Waals surface area contributed by atoms with Crippen LogP contribution in [0.4, 0.5) is 11.6 Å². The van der Waals surface area contributed by atoms with E-state index < -0.39 is 0 Å². The highest BCUT2D eigenvalue weighted by Crippen LogP contribution is 2.28. The van der Waals surface area contributed by atoms with E-state index in [0.29, 0.717) is 11.9 Å². The number of nitrogen functional groups attached to an aromatic ring is 1. The van der Waals surface area contributed by atoms with Gasteiger partial charge in [0.05, 0.1) is 0 Å². The fraction of sp³-hybridized carbons (Fsp3) is 0.667. The summed E-state index contributed by atoms with van der Waals surface area (Å²) in [4.78, 5) is 10.8. The molecular formula is C12H21N5. The summed E-state index contributed by atoms with van der Waals surface area (Å²) in [7, 11) is 2.12. The van der Waals surface area contributed by atoms with Gasteiger partial charge in [0.1, 0.15) is 18.0 Å². The van der Waals surface area contributed by atoms with Gasteiger partial charge in [-0.25, -0.2) is 15.8 Å². The van der Waals surface area contributed by atoms with E-state index in [1.807, 2.05) is 6.92 Å². The van der Waals surface area contributed by atoms with Crippen molar-refractivity contribution in [2.45, 2.75) is 45.1 Å². The summed E-state index contributed by atoms with van der Waals surface area (Å²) in [5.41, 5.74) is 3.63. The van der Waals surface area contributed by atoms with Gasteiger partial charge in [0.15, 0.2) is 0 Å². The summed E-state index contributed by atoms with van der Waals surface area (Å²) >= 11 is 0. The Bertz CT molecular complexity index is 373. The predicted molar refractivity (Wildman–Crippen MR) is 69.9 cm³/mol. The van der Waals surface area contributed by atoms with Crippen LogP contribution in [0.25, 0.3) is 0 Å². The van der Waals surface area contributed by atoms with Gasteiger partial charge in [-0.15, -0.1) is 0 Å². The summed E-state index contributed by atoms with van der Waals surface area (Å²) in [6.07, 6.45) is 8.08. The van der Waals surface area contributed by atoms with Gasteiger partial charge in [0.2, 0.25) is 0 Å². The molecular weight excluding hydrogens is 214 g/mol. The van der Waals surface area contributed by atoms with Crippen molar-refractivity contribution in [3.63, 3.8) is 0 Å². The Labute approximate surface area is 102 Å². The fourth-order valence-corrected chi connectivity index (χ4v) is 2.58. The standard InChI is InChI=1S/C12H21N5/c1-9-11(16-13)14-8-15-12(9)17(2)10-6-4-3-5-7-10/h8,10H,3-7,13H2,1-2H3,(H,14,15,16). The number of hydrogen-bond acceptors (Lipinski definition) is 5. The predicted octanol–water partition coefficient (Wildman–Crippen LogP) is 1.84. The second kappa shape index (κ2) is 5.31. The minimum Gasteiger partial charge on any atom is -0.356 e. The quantitative estimate of drug-likeness (QED) is 0.618. The number of rotatable bonds is 3. The van der Waals surface area contributed by atoms with E-state index in [1.165, 1.54) is 32.1 Å². The van der Waals surface area contributed by atoms with Gasteiger partial charge < -0.3 is 10.3 Å². The number of nitrogens with two attached hydrogens (primary N) is 1. The number of hydrogen-bond donors (Lipinski definition) is 2. The van der Waals surface area contributed by atoms with Gasteiger partial charge in [-0.05, 0) is 19.8 Å². The number of nitrogens with zero attached hydrogens (tertiary/aromatic N) is 3. The summed E-state index contributed by atoms with van der Waals surface area (Å²) in [6.45, 7) is 2.00. The highest BCUT2D eigenvalue weighted by Gasteiger charge is 2.21. The zero-order valence-corrected chi connectivity index (χ0v) is 10.6. The van der Waals surface area contributed by atoms with Gasteiger partial charge in [0.25, 0.3) is 0 Å². The van der Waals surface area contributed by atoms with Crippen molar-refractivity contribution in [2.24, 2.45) is 5.84 Å². The summed E-state index contributed by atoms with van der Waals surface area (Å²) in [5.74, 6) is 7.13. The Hall–Kier alpha value is -1.36. The Morgan fingerprint density at radius 3 is 2.65 bits per heavy atom. The average molecular weight is 235 g/mol. The van der Waals surface area contributed by atoms with Crippen LogP contribution in [0.1, 0.15) is 37.7 Å². The molecule has 1 aromatic rings. The van der Waals surface area contributed by atoms with Gasteiger partial charge in [-0.2, -0.15) is 0 Å². The molecule has 3 N–H and O–H groups in total. The van der Waals surface area contributed by atoms with Gasteiger partial charge in [-0.1, -0.05) is 19.3 Å². The van der Waals surface area contributed by atoms with Crippen LogP contribution < -0.4 is 16.2 Å². The molecule has 1 aliphatic carbocycles. The maximum Gasteiger partial charge on any atom is 0.148 e. The normalized spacial score (nSPS) is 16.9. The second-order valence-corrected chi connectivity index (χ2v) is 4.72. The van der Waals surface area contributed by atoms with E-state index in [2.05, 4.69) is 27.3 Å². The van der Waals surface area contributed by atoms with Crippen molar-refractivity contribution in [1.29, 1.82) is 0 Å². The lowest BCUT2D eigenvalue weighted by molar-refractivity contribution is 0.425. The van der Waals surface area contributed by atoms with Crippen molar-refractivity contribution in [3.8, 4) is 0 Å². The third-order valence-corrected chi connectivity index (χ3v) is 3.65. The first-order valence-corrected chi connectivity index (χ1v) is 6.25. The molecule has 1 fully saturated rings. The third-order valence-electron chi connectivity index (χ3n) is 3.65. The highest BCUT2D eigenvalue weighted by atomic mass is 15.3. The minimum absolute atomic E-state index is 0.600. The van der Waals surface area contributed by atoms with Crippen molar-refractivity contribution < 1.29 is 0 Å². The van der Waals surface area contributed by atoms with Crippen LogP contribution in [-0.4, -0.2) is 23.1 Å². The number of aromatic nitrogens is 2. The van der Waals surface area contributed by atoms with Crippen LogP contribution in [0, 0.1) is 6.92 Å². The van der Waals surface area contributed by atoms with E-state index in [1.54, 1.807) is 6.33 Å². The van der Waals surface area contributed by atoms with Crippen LogP contribution in [0.2, 0.25) is 0 Å². The molecule has 0 unspecified atom stereocenters. The van der Waals surface area contributed by atoms with Crippen LogP contribution in [0.5, 0.6) is 0 Å². The molecule has 0 aliphatic heterocycles. The molecule has 94 valence electrons. The maximum atomic E-state index is 5.44. The lowest BCUT2D eigenvalue weighted by atomic mass is 9.94. The van der Waals surface area contributed by atoms with Crippen LogP contribution >= 0.6 is 0 Å². The molecule has 0 bridgehead atoms. The van der Waals surface area contributed by atoms with Crippen molar-refractivity contribution >= 4 is 11.6 Å². The Morgan fingerprint density at radius 1 is 1.29 bits per heavy atom. The summed E-state index contributed by atoms with van der Waals surface area (Å²) < 4.78 is 0. The largest absolute Gasteiger partial charge is 0.356 e. The molecule has 1 aliphatic rings. The monoisotopic (exact) mass is 235 g/mol. The summed E-state index contributed by atoms with van der Waals surface area (Å²) in [6, 6.07) is 0.600. The first kappa shape index (κ1) is 12.1. The lowest BCUT2D eigenvalue weighted by Gasteiger charge is -2.33. The molecule has 0 saturated heterocycles. The Kier molecular flexibility index (Phi) is 3.78. The molecule has 0 atom stereocenters. The second-order valence-electron chi connectivity index (χ2n) is 4.72. The molecule has 5 heteroatoms. The molecule has 0 radical (unpaired) electrons. The first-order valence-electron chi connectivity index (χ1n) is 6.25. The number of nitrogens with one attached hydrogen (secondary N) is 1. The van der Waals surface area contributed by atoms with E-state index in [-0.39, 0.29) is 0 Å². The molecule has 5 nitrogen and oxygen atoms in total. The van der Waals surface area contributed by atoms with Gasteiger partial charge in [-0.3, -0.25) is 0 Å². The first-order chi connectivity index (χ1) is 8.24. The summed E-state index contributed by atoms with van der Waals surface area (Å²) in [5, 5.41) is 0. The zero-order chi connectivity index (χ0) is 12.3. The lowest BCUT2D eigenvalue weighted by Crippen LogP contribution is -2.34. The van der Waals surface area contributed by atoms with E-state index in [9.17, 15) is 0 Å². The molecule has 2 rings (SSSR count). The van der Waals surface area contributed by atoms with Crippen LogP contribution in [0.15, 0.2) is 6.33 Å². The third kappa shape index (κ3) is 2.49. The molecule has 0 aromatic carbocycles. The Morgan fingerprint density at radius 2 is 2.00 bits per heavy atom. The van der Waals surface area contributed by atoms with Gasteiger partial charge >= 0.3 is 0 Å². The molecule has 1 heterocycles. The molecule has 0 spiro atoms. The molecule has 1 saturated carbocycles. The smallest absolute Gasteiger partial charge is 0.148 e. The topological polar surface area (TPSA) is 67.1 Å². The van der Waals surface area contributed by atoms with Gasteiger partial charge in [0, 0.05) is 18.7 Å². The SMILES string of the molecule is Cc1c(NN)ncnc1N(C)C1CCCCC1. The van der Waals surface area contributed by atoms with E-state index >= 15 is 0 Å². The fourth-order valence-electron chi connectivity index (χ4n) is 2.58. The van der Waals surface area contributed by atoms with Crippen LogP contribution in [0.3, 0.4) is 0 Å². The average Bonchev–Trinajstić information content (AvgIpc) is 2.39. The molecule has 0 amide bonds. The number of anilines is 2. The maximum absolute atomic E-state index is 5.44. The van der Waals surface area contributed by atoms with Crippen molar-refractivity contribution in [3.05, 3.63) is 11.9 Å². The zero-order valence-electron chi connectivity index (χ0n) is 10.6. The highest BCUT2D eigenvalue weighted by molar-refractivity contribution is 5.57.